The molecule has 156 valence electrons. The van der Waals surface area contributed by atoms with E-state index in [-0.39, 0.29) is 0 Å². The van der Waals surface area contributed by atoms with Crippen LogP contribution < -0.4 is 5.48 Å². The summed E-state index contributed by atoms with van der Waals surface area (Å²) < 4.78 is 0. The molecule has 0 aliphatic carbocycles. The zero-order chi connectivity index (χ0) is 21.3. The number of carbonyl (C=O) groups excluding carboxylic acids is 1. The first kappa shape index (κ1) is 21.6. The van der Waals surface area contributed by atoms with Gasteiger partial charge >= 0.3 is 0 Å². The van der Waals surface area contributed by atoms with Gasteiger partial charge in [0.25, 0.3) is 5.91 Å². The van der Waals surface area contributed by atoms with E-state index < -0.39 is 5.91 Å². The van der Waals surface area contributed by atoms with Gasteiger partial charge in [0.2, 0.25) is 0 Å². The normalized spacial score (nSPS) is 15.7. The van der Waals surface area contributed by atoms with E-state index in [9.17, 15) is 4.79 Å². The fourth-order valence-corrected chi connectivity index (χ4v) is 3.19. The Kier molecular flexibility index (Phi) is 7.68. The zero-order valence-corrected chi connectivity index (χ0v) is 17.3. The highest BCUT2D eigenvalue weighted by Crippen LogP contribution is 2.17. The van der Waals surface area contributed by atoms with Crippen LogP contribution >= 0.6 is 0 Å². The first-order valence-electron chi connectivity index (χ1n) is 9.99. The predicted molar refractivity (Wildman–Crippen MR) is 120 cm³/mol. The number of nitrogens with one attached hydrogen (secondary N) is 1. The van der Waals surface area contributed by atoms with Crippen LogP contribution in [0.25, 0.3) is 17.7 Å². The molecule has 2 aromatic rings. The van der Waals surface area contributed by atoms with Crippen molar-refractivity contribution in [2.45, 2.75) is 6.54 Å². The van der Waals surface area contributed by atoms with Gasteiger partial charge in [-0.25, -0.2) is 5.48 Å². The number of hydroxylamine groups is 1. The summed E-state index contributed by atoms with van der Waals surface area (Å²) in [4.78, 5) is 20.1. The van der Waals surface area contributed by atoms with Gasteiger partial charge in [-0.1, -0.05) is 49.1 Å². The number of amides is 1. The molecule has 6 nitrogen and oxygen atoms in total. The number of allylic oxidation sites excluding steroid dienone is 2. The third kappa shape index (κ3) is 6.49. The van der Waals surface area contributed by atoms with Crippen LogP contribution in [-0.2, 0) is 11.3 Å². The Morgan fingerprint density at radius 1 is 1.10 bits per heavy atom. The lowest BCUT2D eigenvalue weighted by Crippen LogP contribution is -2.43. The third-order valence-electron chi connectivity index (χ3n) is 5.13. The van der Waals surface area contributed by atoms with E-state index in [1.807, 2.05) is 18.2 Å². The number of nitrogens with zero attached hydrogens (tertiary/aromatic N) is 3. The molecule has 1 aromatic carbocycles. The number of hydrogen-bond acceptors (Lipinski definition) is 5. The molecule has 3 rings (SSSR count). The van der Waals surface area contributed by atoms with Crippen LogP contribution in [0.15, 0.2) is 61.3 Å². The van der Waals surface area contributed by atoms with Gasteiger partial charge in [0, 0.05) is 45.0 Å². The molecule has 0 unspecified atom stereocenters. The molecule has 1 fully saturated rings. The standard InChI is InChI=1S/C24H28N4O2/c1-19(3-4-20-7-10-23(25-17-20)11-12-24(29)26-30)22-8-5-21(6-9-22)18-28-15-13-27(2)14-16-28/h3-12,17,30H,1,13-16,18H2,2H3,(H,26,29)/b4-3+,12-11+. The lowest BCUT2D eigenvalue weighted by atomic mass is 10.0. The van der Waals surface area contributed by atoms with Crippen molar-refractivity contribution >= 4 is 23.6 Å². The van der Waals surface area contributed by atoms with E-state index in [2.05, 4.69) is 52.7 Å². The zero-order valence-electron chi connectivity index (χ0n) is 17.3. The van der Waals surface area contributed by atoms with Crippen LogP contribution in [0.4, 0.5) is 0 Å². The van der Waals surface area contributed by atoms with Crippen LogP contribution in [0.1, 0.15) is 22.4 Å². The Labute approximate surface area is 177 Å². The number of carbonyl (C=O) groups is 1. The molecule has 0 atom stereocenters. The van der Waals surface area contributed by atoms with Gasteiger partial charge < -0.3 is 4.90 Å². The number of rotatable bonds is 7. The molecule has 1 aliphatic heterocycles. The molecular weight excluding hydrogens is 376 g/mol. The number of benzene rings is 1. The number of piperazine rings is 1. The minimum Gasteiger partial charge on any atom is -0.304 e. The van der Waals surface area contributed by atoms with E-state index in [4.69, 9.17) is 5.21 Å². The second kappa shape index (κ2) is 10.6. The van der Waals surface area contributed by atoms with Gasteiger partial charge in [-0.2, -0.15) is 0 Å². The first-order chi connectivity index (χ1) is 14.5. The second-order valence-electron chi connectivity index (χ2n) is 7.46. The molecule has 2 N–H and O–H groups in total. The monoisotopic (exact) mass is 404 g/mol. The van der Waals surface area contributed by atoms with Crippen LogP contribution in [-0.4, -0.2) is 59.1 Å². The Bertz CT molecular complexity index is 909. The second-order valence-corrected chi connectivity index (χ2v) is 7.46. The van der Waals surface area contributed by atoms with E-state index in [0.717, 1.165) is 49.4 Å². The molecule has 30 heavy (non-hydrogen) atoms. The lowest BCUT2D eigenvalue weighted by molar-refractivity contribution is -0.124. The van der Waals surface area contributed by atoms with Gasteiger partial charge in [0.1, 0.15) is 0 Å². The SMILES string of the molecule is C=C(/C=C/c1ccc(/C=C/C(=O)NO)nc1)c1ccc(CN2CCN(C)CC2)cc1. The Morgan fingerprint density at radius 3 is 2.47 bits per heavy atom. The number of hydrogen-bond donors (Lipinski definition) is 2. The quantitative estimate of drug-likeness (QED) is 0.321. The smallest absolute Gasteiger partial charge is 0.267 e. The number of likely N-dealkylation sites (N-methyl/N-ethyl adjacent to an activating group) is 1. The maximum Gasteiger partial charge on any atom is 0.267 e. The van der Waals surface area contributed by atoms with Gasteiger partial charge in [0.05, 0.1) is 5.69 Å². The molecule has 1 aliphatic rings. The van der Waals surface area contributed by atoms with Gasteiger partial charge in [-0.3, -0.25) is 19.9 Å². The molecule has 0 spiro atoms. The van der Waals surface area contributed by atoms with Gasteiger partial charge in [0.15, 0.2) is 0 Å². The summed E-state index contributed by atoms with van der Waals surface area (Å²) in [7, 11) is 2.17. The largest absolute Gasteiger partial charge is 0.304 e. The maximum atomic E-state index is 11.0. The summed E-state index contributed by atoms with van der Waals surface area (Å²) in [5, 5.41) is 8.48. The Morgan fingerprint density at radius 2 is 1.83 bits per heavy atom. The highest BCUT2D eigenvalue weighted by molar-refractivity contribution is 5.90. The molecule has 2 heterocycles. The van der Waals surface area contributed by atoms with Crippen molar-refractivity contribution in [1.29, 1.82) is 0 Å². The van der Waals surface area contributed by atoms with E-state index in [1.165, 1.54) is 17.7 Å². The summed E-state index contributed by atoms with van der Waals surface area (Å²) in [6.45, 7) is 9.65. The molecule has 0 radical (unpaired) electrons. The predicted octanol–water partition coefficient (Wildman–Crippen LogP) is 3.07. The fourth-order valence-electron chi connectivity index (χ4n) is 3.19. The van der Waals surface area contributed by atoms with Crippen molar-refractivity contribution < 1.29 is 10.0 Å². The van der Waals surface area contributed by atoms with Crippen LogP contribution in [0.5, 0.6) is 0 Å². The number of pyridine rings is 1. The summed E-state index contributed by atoms with van der Waals surface area (Å²) in [5.41, 5.74) is 6.46. The molecular formula is C24H28N4O2. The van der Waals surface area contributed by atoms with Gasteiger partial charge in [-0.15, -0.1) is 0 Å². The van der Waals surface area contributed by atoms with Crippen molar-refractivity contribution in [2.75, 3.05) is 33.2 Å². The average molecular weight is 405 g/mol. The van der Waals surface area contributed by atoms with Crippen molar-refractivity contribution in [3.8, 4) is 0 Å². The van der Waals surface area contributed by atoms with Crippen molar-refractivity contribution in [3.63, 3.8) is 0 Å². The lowest BCUT2D eigenvalue weighted by Gasteiger charge is -2.32. The van der Waals surface area contributed by atoms with E-state index in [1.54, 1.807) is 17.7 Å². The summed E-state index contributed by atoms with van der Waals surface area (Å²) >= 11 is 0. The highest BCUT2D eigenvalue weighted by atomic mass is 16.5. The molecule has 0 saturated carbocycles. The minimum atomic E-state index is -0.591. The fraction of sp³-hybridized carbons (Fsp3) is 0.250. The third-order valence-corrected chi connectivity index (χ3v) is 5.13. The van der Waals surface area contributed by atoms with Crippen molar-refractivity contribution in [3.05, 3.63) is 83.7 Å². The number of aromatic nitrogens is 1. The van der Waals surface area contributed by atoms with Crippen molar-refractivity contribution in [1.82, 2.24) is 20.3 Å². The summed E-state index contributed by atoms with van der Waals surface area (Å²) in [5.74, 6) is -0.591. The topological polar surface area (TPSA) is 68.7 Å². The molecule has 1 amide bonds. The molecule has 1 saturated heterocycles. The maximum absolute atomic E-state index is 11.0. The van der Waals surface area contributed by atoms with Crippen LogP contribution in [0.2, 0.25) is 0 Å². The Hall–Kier alpha value is -3.06. The Balaban J connectivity index is 1.54. The van der Waals surface area contributed by atoms with Gasteiger partial charge in [-0.05, 0) is 41.5 Å². The summed E-state index contributed by atoms with van der Waals surface area (Å²) in [6.07, 6.45) is 8.40. The molecule has 1 aromatic heterocycles. The van der Waals surface area contributed by atoms with Crippen LogP contribution in [0, 0.1) is 0 Å². The molecule has 0 bridgehead atoms. The molecule has 6 heteroatoms. The highest BCUT2D eigenvalue weighted by Gasteiger charge is 2.13. The minimum absolute atomic E-state index is 0.591. The van der Waals surface area contributed by atoms with E-state index in [0.29, 0.717) is 5.69 Å². The van der Waals surface area contributed by atoms with E-state index >= 15 is 0 Å². The van der Waals surface area contributed by atoms with Crippen molar-refractivity contribution in [2.24, 2.45) is 0 Å². The van der Waals surface area contributed by atoms with Crippen LogP contribution in [0.3, 0.4) is 0 Å². The first-order valence-corrected chi connectivity index (χ1v) is 9.99. The summed E-state index contributed by atoms with van der Waals surface area (Å²) in [6, 6.07) is 12.3. The average Bonchev–Trinajstić information content (AvgIpc) is 2.78.